The van der Waals surface area contributed by atoms with Crippen LogP contribution < -0.4 is 4.74 Å². The minimum Gasteiger partial charge on any atom is -0.497 e. The molecule has 3 heteroatoms. The number of nitrogens with zero attached hydrogens (tertiary/aromatic N) is 1. The molecule has 19 heavy (non-hydrogen) atoms. The first-order valence-corrected chi connectivity index (χ1v) is 7.08. The van der Waals surface area contributed by atoms with Gasteiger partial charge in [-0.25, -0.2) is 0 Å². The third-order valence-electron chi connectivity index (χ3n) is 3.88. The van der Waals surface area contributed by atoms with Gasteiger partial charge in [-0.1, -0.05) is 31.4 Å². The van der Waals surface area contributed by atoms with Crippen LogP contribution in [0.5, 0.6) is 5.75 Å². The van der Waals surface area contributed by atoms with Gasteiger partial charge in [-0.05, 0) is 30.5 Å². The van der Waals surface area contributed by atoms with E-state index in [4.69, 9.17) is 4.74 Å². The number of carbonyl (C=O) groups excluding carboxylic acids is 1. The summed E-state index contributed by atoms with van der Waals surface area (Å²) in [4.78, 5) is 14.2. The second-order valence-electron chi connectivity index (χ2n) is 5.38. The van der Waals surface area contributed by atoms with E-state index in [1.807, 2.05) is 36.2 Å². The van der Waals surface area contributed by atoms with E-state index < -0.39 is 0 Å². The molecule has 0 N–H and O–H groups in total. The van der Waals surface area contributed by atoms with Crippen molar-refractivity contribution in [2.24, 2.45) is 5.92 Å². The summed E-state index contributed by atoms with van der Waals surface area (Å²) in [7, 11) is 3.56. The molecule has 104 valence electrons. The topological polar surface area (TPSA) is 29.5 Å². The first-order chi connectivity index (χ1) is 9.20. The lowest BCUT2D eigenvalue weighted by molar-refractivity contribution is -0.135. The largest absolute Gasteiger partial charge is 0.497 e. The molecule has 1 aromatic carbocycles. The predicted octanol–water partition coefficient (Wildman–Crippen LogP) is 3.23. The van der Waals surface area contributed by atoms with Crippen molar-refractivity contribution in [2.75, 3.05) is 14.2 Å². The molecule has 0 radical (unpaired) electrons. The van der Waals surface area contributed by atoms with Gasteiger partial charge in [0.2, 0.25) is 5.91 Å². The van der Waals surface area contributed by atoms with Gasteiger partial charge < -0.3 is 9.64 Å². The third kappa shape index (κ3) is 3.72. The summed E-state index contributed by atoms with van der Waals surface area (Å²) in [6.07, 6.45) is 5.79. The van der Waals surface area contributed by atoms with Gasteiger partial charge in [0.15, 0.2) is 0 Å². The van der Waals surface area contributed by atoms with E-state index in [-0.39, 0.29) is 5.92 Å². The van der Waals surface area contributed by atoms with Crippen molar-refractivity contribution in [3.63, 3.8) is 0 Å². The zero-order chi connectivity index (χ0) is 13.7. The maximum Gasteiger partial charge on any atom is 0.225 e. The summed E-state index contributed by atoms with van der Waals surface area (Å²) in [6.45, 7) is 0.659. The van der Waals surface area contributed by atoms with Gasteiger partial charge in [0.05, 0.1) is 7.11 Å². The van der Waals surface area contributed by atoms with Gasteiger partial charge >= 0.3 is 0 Å². The Labute approximate surface area is 115 Å². The minimum absolute atomic E-state index is 0.240. The van der Waals surface area contributed by atoms with Crippen molar-refractivity contribution >= 4 is 5.91 Å². The molecule has 0 heterocycles. The molecular weight excluding hydrogens is 238 g/mol. The zero-order valence-corrected chi connectivity index (χ0v) is 11.9. The zero-order valence-electron chi connectivity index (χ0n) is 11.9. The van der Waals surface area contributed by atoms with Crippen LogP contribution in [0.25, 0.3) is 0 Å². The third-order valence-corrected chi connectivity index (χ3v) is 3.88. The Bertz CT molecular complexity index is 425. The van der Waals surface area contributed by atoms with Crippen molar-refractivity contribution in [1.82, 2.24) is 4.90 Å². The van der Waals surface area contributed by atoms with Crippen molar-refractivity contribution < 1.29 is 9.53 Å². The monoisotopic (exact) mass is 261 g/mol. The van der Waals surface area contributed by atoms with Gasteiger partial charge in [0.25, 0.3) is 0 Å². The van der Waals surface area contributed by atoms with Crippen molar-refractivity contribution in [1.29, 1.82) is 0 Å². The number of amides is 1. The lowest BCUT2D eigenvalue weighted by Gasteiger charge is -2.26. The minimum atomic E-state index is 0.240. The van der Waals surface area contributed by atoms with Crippen LogP contribution in [-0.4, -0.2) is 25.0 Å². The fourth-order valence-corrected chi connectivity index (χ4v) is 2.78. The predicted molar refractivity (Wildman–Crippen MR) is 76.0 cm³/mol. The Kier molecular flexibility index (Phi) is 4.83. The van der Waals surface area contributed by atoms with Gasteiger partial charge in [-0.2, -0.15) is 0 Å². The van der Waals surface area contributed by atoms with Crippen molar-refractivity contribution in [3.05, 3.63) is 29.8 Å². The molecule has 3 nitrogen and oxygen atoms in total. The van der Waals surface area contributed by atoms with E-state index in [1.54, 1.807) is 7.11 Å². The fraction of sp³-hybridized carbons (Fsp3) is 0.562. The highest BCUT2D eigenvalue weighted by atomic mass is 16.5. The summed E-state index contributed by atoms with van der Waals surface area (Å²) < 4.78 is 5.21. The molecule has 1 saturated carbocycles. The van der Waals surface area contributed by atoms with E-state index >= 15 is 0 Å². The molecule has 0 aromatic heterocycles. The van der Waals surface area contributed by atoms with Crippen LogP contribution in [0.4, 0.5) is 0 Å². The molecule has 1 aliphatic carbocycles. The summed E-state index contributed by atoms with van der Waals surface area (Å²) in [6, 6.07) is 7.91. The van der Waals surface area contributed by atoms with Crippen molar-refractivity contribution in [2.45, 2.75) is 38.6 Å². The smallest absolute Gasteiger partial charge is 0.225 e. The van der Waals surface area contributed by atoms with E-state index in [1.165, 1.54) is 19.3 Å². The Morgan fingerprint density at radius 1 is 1.32 bits per heavy atom. The first kappa shape index (κ1) is 13.9. The van der Waals surface area contributed by atoms with E-state index in [0.29, 0.717) is 12.5 Å². The number of carbonyl (C=O) groups is 1. The summed E-state index contributed by atoms with van der Waals surface area (Å²) in [5.41, 5.74) is 1.12. The molecule has 0 bridgehead atoms. The lowest BCUT2D eigenvalue weighted by Crippen LogP contribution is -2.33. The summed E-state index contributed by atoms with van der Waals surface area (Å²) in [5, 5.41) is 0. The van der Waals surface area contributed by atoms with Crippen LogP contribution in [-0.2, 0) is 11.3 Å². The molecular formula is C16H23NO2. The number of rotatable bonds is 4. The molecule has 1 amide bonds. The van der Waals surface area contributed by atoms with E-state index in [0.717, 1.165) is 24.2 Å². The number of ether oxygens (including phenoxy) is 1. The Morgan fingerprint density at radius 2 is 2.05 bits per heavy atom. The Hall–Kier alpha value is -1.51. The number of methoxy groups -OCH3 is 1. The Morgan fingerprint density at radius 3 is 2.74 bits per heavy atom. The molecule has 0 atom stereocenters. The van der Waals surface area contributed by atoms with Crippen LogP contribution in [0, 0.1) is 5.92 Å². The summed E-state index contributed by atoms with van der Waals surface area (Å²) in [5.74, 6) is 1.38. The van der Waals surface area contributed by atoms with Gasteiger partial charge in [0.1, 0.15) is 5.75 Å². The van der Waals surface area contributed by atoms with E-state index in [9.17, 15) is 4.79 Å². The van der Waals surface area contributed by atoms with Crippen molar-refractivity contribution in [3.8, 4) is 5.75 Å². The average molecular weight is 261 g/mol. The molecule has 0 spiro atoms. The normalized spacial score (nSPS) is 16.1. The molecule has 0 aliphatic heterocycles. The molecule has 2 rings (SSSR count). The van der Waals surface area contributed by atoms with Crippen LogP contribution in [0.15, 0.2) is 24.3 Å². The van der Waals surface area contributed by atoms with Crippen LogP contribution in [0.2, 0.25) is 0 Å². The number of hydrogen-bond donors (Lipinski definition) is 0. The summed E-state index contributed by atoms with van der Waals surface area (Å²) >= 11 is 0. The molecule has 0 unspecified atom stereocenters. The average Bonchev–Trinajstić information content (AvgIpc) is 2.47. The Balaban J connectivity index is 1.95. The van der Waals surface area contributed by atoms with Gasteiger partial charge in [-0.15, -0.1) is 0 Å². The van der Waals surface area contributed by atoms with E-state index in [2.05, 4.69) is 0 Å². The SMILES string of the molecule is COc1cccc(CN(C)C(=O)C2CCCCC2)c1. The lowest BCUT2D eigenvalue weighted by atomic mass is 9.88. The van der Waals surface area contributed by atoms with Crippen LogP contribution in [0.1, 0.15) is 37.7 Å². The number of benzene rings is 1. The maximum atomic E-state index is 12.4. The standard InChI is InChI=1S/C16H23NO2/c1-17(16(18)14-8-4-3-5-9-14)12-13-7-6-10-15(11-13)19-2/h6-7,10-11,14H,3-5,8-9,12H2,1-2H3. The highest BCUT2D eigenvalue weighted by molar-refractivity contribution is 5.78. The second-order valence-corrected chi connectivity index (χ2v) is 5.38. The maximum absolute atomic E-state index is 12.4. The van der Waals surface area contributed by atoms with Gasteiger partial charge in [0, 0.05) is 19.5 Å². The second kappa shape index (κ2) is 6.60. The molecule has 1 aliphatic rings. The number of hydrogen-bond acceptors (Lipinski definition) is 2. The molecule has 1 aromatic rings. The van der Waals surface area contributed by atoms with Crippen LogP contribution in [0.3, 0.4) is 0 Å². The highest BCUT2D eigenvalue weighted by Gasteiger charge is 2.23. The molecule has 0 saturated heterocycles. The quantitative estimate of drug-likeness (QED) is 0.832. The first-order valence-electron chi connectivity index (χ1n) is 7.08. The van der Waals surface area contributed by atoms with Gasteiger partial charge in [-0.3, -0.25) is 4.79 Å². The van der Waals surface area contributed by atoms with Crippen LogP contribution >= 0.6 is 0 Å². The molecule has 1 fully saturated rings. The highest BCUT2D eigenvalue weighted by Crippen LogP contribution is 2.25. The fourth-order valence-electron chi connectivity index (χ4n) is 2.78.